The van der Waals surface area contributed by atoms with Gasteiger partial charge in [-0.25, -0.2) is 4.98 Å². The van der Waals surface area contributed by atoms with Crippen LogP contribution in [0.3, 0.4) is 0 Å². The second kappa shape index (κ2) is 5.28. The molecule has 2 unspecified atom stereocenters. The van der Waals surface area contributed by atoms with Crippen molar-refractivity contribution in [1.29, 1.82) is 0 Å². The Morgan fingerprint density at radius 1 is 1.35 bits per heavy atom. The fourth-order valence-corrected chi connectivity index (χ4v) is 3.19. The average Bonchev–Trinajstić information content (AvgIpc) is 2.47. The van der Waals surface area contributed by atoms with Gasteiger partial charge in [0.15, 0.2) is 5.82 Å². The molecule has 1 aliphatic carbocycles. The molecule has 1 saturated heterocycles. The van der Waals surface area contributed by atoms with Crippen LogP contribution in [-0.2, 0) is 4.74 Å². The maximum absolute atomic E-state index is 11.3. The van der Waals surface area contributed by atoms with Gasteiger partial charge in [0.25, 0.3) is 5.91 Å². The molecule has 6 nitrogen and oxygen atoms in total. The summed E-state index contributed by atoms with van der Waals surface area (Å²) < 4.78 is 5.85. The number of nitrogens with zero attached hydrogens (tertiary/aromatic N) is 2. The maximum atomic E-state index is 11.3. The third-order valence-corrected chi connectivity index (χ3v) is 4.16. The van der Waals surface area contributed by atoms with Crippen molar-refractivity contribution in [3.8, 4) is 0 Å². The zero-order valence-corrected chi connectivity index (χ0v) is 11.4. The number of hydrogen-bond acceptors (Lipinski definition) is 5. The van der Waals surface area contributed by atoms with E-state index in [0.717, 1.165) is 19.4 Å². The highest BCUT2D eigenvalue weighted by Gasteiger charge is 2.35. The van der Waals surface area contributed by atoms with E-state index in [0.29, 0.717) is 24.2 Å². The van der Waals surface area contributed by atoms with Gasteiger partial charge in [-0.3, -0.25) is 4.79 Å². The molecule has 0 spiro atoms. The van der Waals surface area contributed by atoms with E-state index >= 15 is 0 Å². The van der Waals surface area contributed by atoms with Gasteiger partial charge in [0, 0.05) is 6.54 Å². The van der Waals surface area contributed by atoms with E-state index in [9.17, 15) is 4.79 Å². The molecule has 2 atom stereocenters. The van der Waals surface area contributed by atoms with E-state index < -0.39 is 5.91 Å². The summed E-state index contributed by atoms with van der Waals surface area (Å²) in [6, 6.07) is 3.57. The molecule has 0 aromatic carbocycles. The summed E-state index contributed by atoms with van der Waals surface area (Å²) in [5, 5.41) is 0. The van der Waals surface area contributed by atoms with Crippen LogP contribution in [0.15, 0.2) is 12.1 Å². The molecule has 2 heterocycles. The first kappa shape index (κ1) is 13.2. The number of aromatic nitrogens is 1. The number of hydrogen-bond donors (Lipinski definition) is 2. The van der Waals surface area contributed by atoms with Gasteiger partial charge in [-0.1, -0.05) is 12.8 Å². The van der Waals surface area contributed by atoms with Crippen molar-refractivity contribution in [3.63, 3.8) is 0 Å². The molecule has 0 radical (unpaired) electrons. The monoisotopic (exact) mass is 276 g/mol. The van der Waals surface area contributed by atoms with Crippen molar-refractivity contribution >= 4 is 17.4 Å². The van der Waals surface area contributed by atoms with E-state index in [2.05, 4.69) is 9.88 Å². The predicted octanol–water partition coefficient (Wildman–Crippen LogP) is 0.910. The molecule has 1 aromatic rings. The van der Waals surface area contributed by atoms with Crippen LogP contribution < -0.4 is 16.4 Å². The third-order valence-electron chi connectivity index (χ3n) is 4.16. The first-order valence-corrected chi connectivity index (χ1v) is 7.11. The Morgan fingerprint density at radius 2 is 2.15 bits per heavy atom. The lowest BCUT2D eigenvalue weighted by molar-refractivity contribution is -0.00893. The lowest BCUT2D eigenvalue weighted by atomic mass is 9.90. The van der Waals surface area contributed by atoms with Crippen molar-refractivity contribution in [3.05, 3.63) is 17.8 Å². The maximum Gasteiger partial charge on any atom is 0.267 e. The number of pyridine rings is 1. The van der Waals surface area contributed by atoms with Gasteiger partial charge >= 0.3 is 0 Å². The number of carbonyl (C=O) groups is 1. The Bertz CT molecular complexity index is 518. The van der Waals surface area contributed by atoms with Gasteiger partial charge in [-0.2, -0.15) is 0 Å². The first-order chi connectivity index (χ1) is 9.66. The smallest absolute Gasteiger partial charge is 0.267 e. The molecule has 108 valence electrons. The van der Waals surface area contributed by atoms with E-state index in [1.807, 2.05) is 0 Å². The van der Waals surface area contributed by atoms with Gasteiger partial charge in [0.2, 0.25) is 0 Å². The molecule has 2 fully saturated rings. The molecule has 0 bridgehead atoms. The summed E-state index contributed by atoms with van der Waals surface area (Å²) in [6.45, 7) is 1.42. The van der Waals surface area contributed by atoms with Gasteiger partial charge < -0.3 is 21.1 Å². The van der Waals surface area contributed by atoms with Crippen LogP contribution in [-0.4, -0.2) is 36.2 Å². The van der Waals surface area contributed by atoms with Crippen LogP contribution in [0.25, 0.3) is 0 Å². The van der Waals surface area contributed by atoms with Crippen molar-refractivity contribution in [2.75, 3.05) is 23.8 Å². The quantitative estimate of drug-likeness (QED) is 0.837. The Hall–Kier alpha value is -1.82. The number of carbonyl (C=O) groups excluding carboxylic acids is 1. The fraction of sp³-hybridized carbons (Fsp3) is 0.571. The number of amides is 1. The number of fused-ring (bicyclic) bond motifs is 1. The number of nitrogens with two attached hydrogens (primary N) is 2. The highest BCUT2D eigenvalue weighted by molar-refractivity contribution is 5.92. The summed E-state index contributed by atoms with van der Waals surface area (Å²) >= 11 is 0. The Kier molecular flexibility index (Phi) is 3.48. The van der Waals surface area contributed by atoms with E-state index in [-0.39, 0.29) is 11.8 Å². The fourth-order valence-electron chi connectivity index (χ4n) is 3.19. The highest BCUT2D eigenvalue weighted by atomic mass is 16.5. The number of primary amides is 1. The first-order valence-electron chi connectivity index (χ1n) is 7.11. The second-order valence-electron chi connectivity index (χ2n) is 5.43. The van der Waals surface area contributed by atoms with E-state index in [1.54, 1.807) is 12.1 Å². The molecular weight excluding hydrogens is 256 g/mol. The molecule has 6 heteroatoms. The van der Waals surface area contributed by atoms with E-state index in [4.69, 9.17) is 16.2 Å². The van der Waals surface area contributed by atoms with Crippen LogP contribution in [0.4, 0.5) is 11.5 Å². The molecule has 20 heavy (non-hydrogen) atoms. The van der Waals surface area contributed by atoms with Crippen LogP contribution in [0.1, 0.15) is 36.2 Å². The zero-order chi connectivity index (χ0) is 14.1. The molecular formula is C14H20N4O2. The number of rotatable bonds is 2. The molecule has 2 aliphatic rings. The molecule has 1 aliphatic heterocycles. The molecule has 4 N–H and O–H groups in total. The summed E-state index contributed by atoms with van der Waals surface area (Å²) in [6.07, 6.45) is 4.80. The van der Waals surface area contributed by atoms with Gasteiger partial charge in [0.05, 0.1) is 24.4 Å². The lowest BCUT2D eigenvalue weighted by Gasteiger charge is -2.44. The van der Waals surface area contributed by atoms with Gasteiger partial charge in [-0.15, -0.1) is 0 Å². The van der Waals surface area contributed by atoms with Crippen molar-refractivity contribution < 1.29 is 9.53 Å². The lowest BCUT2D eigenvalue weighted by Crippen LogP contribution is -2.53. The standard InChI is InChI=1S/C14H20N4O2/c15-9-5-6-10(13(16)19)17-14(9)18-7-8-20-12-4-2-1-3-11(12)18/h5-6,11-12H,1-4,7-8,15H2,(H2,16,19). The largest absolute Gasteiger partial charge is 0.396 e. The highest BCUT2D eigenvalue weighted by Crippen LogP contribution is 2.33. The van der Waals surface area contributed by atoms with Crippen LogP contribution in [0.5, 0.6) is 0 Å². The summed E-state index contributed by atoms with van der Waals surface area (Å²) in [4.78, 5) is 17.9. The SMILES string of the molecule is NC(=O)c1ccc(N)c(N2CCOC3CCCCC32)n1. The number of morpholine rings is 1. The number of anilines is 2. The summed E-state index contributed by atoms with van der Waals surface area (Å²) in [7, 11) is 0. The Morgan fingerprint density at radius 3 is 2.95 bits per heavy atom. The molecule has 1 amide bonds. The van der Waals surface area contributed by atoms with Crippen molar-refractivity contribution in [2.24, 2.45) is 5.73 Å². The predicted molar refractivity (Wildman–Crippen MR) is 76.5 cm³/mol. The Labute approximate surface area is 118 Å². The molecule has 1 aromatic heterocycles. The molecule has 1 saturated carbocycles. The second-order valence-corrected chi connectivity index (χ2v) is 5.43. The van der Waals surface area contributed by atoms with Gasteiger partial charge in [-0.05, 0) is 25.0 Å². The number of nitrogen functional groups attached to an aromatic ring is 1. The van der Waals surface area contributed by atoms with Crippen LogP contribution in [0, 0.1) is 0 Å². The normalized spacial score (nSPS) is 26.1. The minimum absolute atomic E-state index is 0.246. The summed E-state index contributed by atoms with van der Waals surface area (Å²) in [5.41, 5.74) is 12.2. The minimum Gasteiger partial charge on any atom is -0.396 e. The Balaban J connectivity index is 1.94. The topological polar surface area (TPSA) is 94.5 Å². The van der Waals surface area contributed by atoms with E-state index in [1.165, 1.54) is 12.8 Å². The zero-order valence-electron chi connectivity index (χ0n) is 11.4. The minimum atomic E-state index is -0.528. The van der Waals surface area contributed by atoms with Crippen molar-refractivity contribution in [1.82, 2.24) is 4.98 Å². The summed E-state index contributed by atoms with van der Waals surface area (Å²) in [5.74, 6) is 0.140. The van der Waals surface area contributed by atoms with Gasteiger partial charge in [0.1, 0.15) is 5.69 Å². The van der Waals surface area contributed by atoms with Crippen LogP contribution in [0.2, 0.25) is 0 Å². The third kappa shape index (κ3) is 2.31. The average molecular weight is 276 g/mol. The van der Waals surface area contributed by atoms with Crippen LogP contribution >= 0.6 is 0 Å². The number of ether oxygens (including phenoxy) is 1. The van der Waals surface area contributed by atoms with Crippen molar-refractivity contribution in [2.45, 2.75) is 37.8 Å². The molecule has 3 rings (SSSR count).